The molecule has 2 aliphatic rings. The molecule has 3 rings (SSSR count). The number of carbonyl (C=O) groups is 1. The van der Waals surface area contributed by atoms with E-state index in [9.17, 15) is 10.1 Å². The summed E-state index contributed by atoms with van der Waals surface area (Å²) in [4.78, 5) is 20.8. The van der Waals surface area contributed by atoms with Crippen LogP contribution in [0.25, 0.3) is 0 Å². The summed E-state index contributed by atoms with van der Waals surface area (Å²) in [6.45, 7) is 4.05. The first-order valence-corrected chi connectivity index (χ1v) is 7.42. The third kappa shape index (κ3) is 2.69. The number of amides is 1. The number of anilines is 1. The fraction of sp³-hybridized carbons (Fsp3) is 0.533. The van der Waals surface area contributed by atoms with Gasteiger partial charge in [0.1, 0.15) is 12.1 Å². The molecule has 2 fully saturated rings. The standard InChI is InChI=1S/C15H19N5O/c16-11-12-13(3-1-5-18-12)20-8-2-4-14(20)15(21)19-9-6-17-7-10-19/h1,3,5,14,17H,2,4,6-10H2. The highest BCUT2D eigenvalue weighted by Gasteiger charge is 2.35. The second kappa shape index (κ2) is 6.10. The Hall–Kier alpha value is -2.13. The summed E-state index contributed by atoms with van der Waals surface area (Å²) in [6, 6.07) is 5.67. The lowest BCUT2D eigenvalue weighted by atomic mass is 10.1. The predicted molar refractivity (Wildman–Crippen MR) is 78.8 cm³/mol. The van der Waals surface area contributed by atoms with Gasteiger partial charge in [0.05, 0.1) is 5.69 Å². The minimum absolute atomic E-state index is 0.153. The smallest absolute Gasteiger partial charge is 0.245 e. The first kappa shape index (κ1) is 13.8. The van der Waals surface area contributed by atoms with E-state index < -0.39 is 0 Å². The third-order valence-electron chi connectivity index (χ3n) is 4.17. The number of carbonyl (C=O) groups excluding carboxylic acids is 1. The fourth-order valence-corrected chi connectivity index (χ4v) is 3.12. The van der Waals surface area contributed by atoms with Crippen LogP contribution in [0, 0.1) is 11.3 Å². The third-order valence-corrected chi connectivity index (χ3v) is 4.17. The van der Waals surface area contributed by atoms with Crippen LogP contribution in [-0.2, 0) is 4.79 Å². The van der Waals surface area contributed by atoms with Crippen LogP contribution in [0.2, 0.25) is 0 Å². The van der Waals surface area contributed by atoms with E-state index in [-0.39, 0.29) is 11.9 Å². The summed E-state index contributed by atoms with van der Waals surface area (Å²) in [5, 5.41) is 12.5. The van der Waals surface area contributed by atoms with Crippen molar-refractivity contribution in [3.63, 3.8) is 0 Å². The topological polar surface area (TPSA) is 72.3 Å². The molecule has 6 nitrogen and oxygen atoms in total. The molecular formula is C15H19N5O. The summed E-state index contributed by atoms with van der Waals surface area (Å²) < 4.78 is 0. The number of piperazine rings is 1. The SMILES string of the molecule is N#Cc1ncccc1N1CCCC1C(=O)N1CCNCC1. The largest absolute Gasteiger partial charge is 0.357 e. The molecular weight excluding hydrogens is 266 g/mol. The normalized spacial score (nSPS) is 22.1. The Bertz CT molecular complexity index is 561. The molecule has 110 valence electrons. The number of nitriles is 1. The lowest BCUT2D eigenvalue weighted by molar-refractivity contribution is -0.132. The van der Waals surface area contributed by atoms with Crippen LogP contribution in [0.1, 0.15) is 18.5 Å². The van der Waals surface area contributed by atoms with E-state index in [1.54, 1.807) is 6.20 Å². The van der Waals surface area contributed by atoms with Crippen molar-refractivity contribution in [1.29, 1.82) is 5.26 Å². The molecule has 0 aliphatic carbocycles. The molecule has 0 aromatic carbocycles. The van der Waals surface area contributed by atoms with Gasteiger partial charge in [0.15, 0.2) is 5.69 Å². The zero-order chi connectivity index (χ0) is 14.7. The summed E-state index contributed by atoms with van der Waals surface area (Å²) in [5.74, 6) is 0.182. The molecule has 1 aromatic rings. The van der Waals surface area contributed by atoms with E-state index in [0.29, 0.717) is 5.69 Å². The van der Waals surface area contributed by atoms with Crippen molar-refractivity contribution >= 4 is 11.6 Å². The van der Waals surface area contributed by atoms with Crippen LogP contribution in [0.4, 0.5) is 5.69 Å². The van der Waals surface area contributed by atoms with E-state index in [4.69, 9.17) is 0 Å². The van der Waals surface area contributed by atoms with Gasteiger partial charge in [0, 0.05) is 38.9 Å². The molecule has 3 heterocycles. The lowest BCUT2D eigenvalue weighted by Crippen LogP contribution is -2.52. The molecule has 1 amide bonds. The monoisotopic (exact) mass is 285 g/mol. The van der Waals surface area contributed by atoms with Gasteiger partial charge in [-0.05, 0) is 25.0 Å². The van der Waals surface area contributed by atoms with Gasteiger partial charge in [-0.25, -0.2) is 4.98 Å². The Morgan fingerprint density at radius 1 is 1.38 bits per heavy atom. The molecule has 0 saturated carbocycles. The van der Waals surface area contributed by atoms with Crippen LogP contribution in [0.15, 0.2) is 18.3 Å². The van der Waals surface area contributed by atoms with Gasteiger partial charge in [-0.15, -0.1) is 0 Å². The first-order chi connectivity index (χ1) is 10.3. The molecule has 0 spiro atoms. The maximum atomic E-state index is 12.7. The number of hydrogen-bond donors (Lipinski definition) is 1. The molecule has 6 heteroatoms. The number of pyridine rings is 1. The number of nitrogens with zero attached hydrogens (tertiary/aromatic N) is 4. The highest BCUT2D eigenvalue weighted by atomic mass is 16.2. The second-order valence-electron chi connectivity index (χ2n) is 5.41. The Morgan fingerprint density at radius 2 is 2.19 bits per heavy atom. The maximum Gasteiger partial charge on any atom is 0.245 e. The van der Waals surface area contributed by atoms with Gasteiger partial charge < -0.3 is 15.1 Å². The molecule has 2 saturated heterocycles. The molecule has 0 radical (unpaired) electrons. The highest BCUT2D eigenvalue weighted by molar-refractivity contribution is 5.86. The van der Waals surface area contributed by atoms with Crippen molar-refractivity contribution < 1.29 is 4.79 Å². The fourth-order valence-electron chi connectivity index (χ4n) is 3.12. The zero-order valence-corrected chi connectivity index (χ0v) is 12.0. The number of hydrogen-bond acceptors (Lipinski definition) is 5. The van der Waals surface area contributed by atoms with Crippen molar-refractivity contribution in [2.45, 2.75) is 18.9 Å². The van der Waals surface area contributed by atoms with Gasteiger partial charge in [0.25, 0.3) is 0 Å². The van der Waals surface area contributed by atoms with Crippen LogP contribution in [-0.4, -0.2) is 54.6 Å². The summed E-state index contributed by atoms with van der Waals surface area (Å²) in [6.07, 6.45) is 3.44. The van der Waals surface area contributed by atoms with Crippen LogP contribution in [0.5, 0.6) is 0 Å². The number of aromatic nitrogens is 1. The van der Waals surface area contributed by atoms with Crippen molar-refractivity contribution in [2.75, 3.05) is 37.6 Å². The quantitative estimate of drug-likeness (QED) is 0.849. The van der Waals surface area contributed by atoms with E-state index in [1.807, 2.05) is 17.0 Å². The van der Waals surface area contributed by atoms with Gasteiger partial charge in [-0.1, -0.05) is 0 Å². The average Bonchev–Trinajstić information content (AvgIpc) is 3.04. The summed E-state index contributed by atoms with van der Waals surface area (Å²) in [7, 11) is 0. The Balaban J connectivity index is 1.82. The van der Waals surface area contributed by atoms with Crippen LogP contribution in [0.3, 0.4) is 0 Å². The second-order valence-corrected chi connectivity index (χ2v) is 5.41. The maximum absolute atomic E-state index is 12.7. The molecule has 21 heavy (non-hydrogen) atoms. The van der Waals surface area contributed by atoms with Gasteiger partial charge in [-0.2, -0.15) is 5.26 Å². The minimum Gasteiger partial charge on any atom is -0.357 e. The van der Waals surface area contributed by atoms with Crippen LogP contribution >= 0.6 is 0 Å². The highest BCUT2D eigenvalue weighted by Crippen LogP contribution is 2.28. The van der Waals surface area contributed by atoms with E-state index in [1.165, 1.54) is 0 Å². The Morgan fingerprint density at radius 3 is 2.95 bits per heavy atom. The number of rotatable bonds is 2. The van der Waals surface area contributed by atoms with Gasteiger partial charge in [-0.3, -0.25) is 4.79 Å². The molecule has 2 aliphatic heterocycles. The van der Waals surface area contributed by atoms with E-state index in [2.05, 4.69) is 21.3 Å². The van der Waals surface area contributed by atoms with Crippen molar-refractivity contribution in [3.8, 4) is 6.07 Å². The van der Waals surface area contributed by atoms with Gasteiger partial charge in [0.2, 0.25) is 5.91 Å². The first-order valence-electron chi connectivity index (χ1n) is 7.42. The van der Waals surface area contributed by atoms with E-state index >= 15 is 0 Å². The van der Waals surface area contributed by atoms with Crippen LogP contribution < -0.4 is 10.2 Å². The minimum atomic E-state index is -0.153. The van der Waals surface area contributed by atoms with Gasteiger partial charge >= 0.3 is 0 Å². The summed E-state index contributed by atoms with van der Waals surface area (Å²) in [5.41, 5.74) is 1.18. The summed E-state index contributed by atoms with van der Waals surface area (Å²) >= 11 is 0. The Labute approximate surface area is 124 Å². The Kier molecular flexibility index (Phi) is 4.02. The average molecular weight is 285 g/mol. The molecule has 1 aromatic heterocycles. The predicted octanol–water partition coefficient (Wildman–Crippen LogP) is 0.354. The van der Waals surface area contributed by atoms with E-state index in [0.717, 1.165) is 51.3 Å². The lowest BCUT2D eigenvalue weighted by Gasteiger charge is -2.33. The van der Waals surface area contributed by atoms with Crippen molar-refractivity contribution in [2.24, 2.45) is 0 Å². The molecule has 1 unspecified atom stereocenters. The molecule has 0 bridgehead atoms. The van der Waals surface area contributed by atoms with Crippen molar-refractivity contribution in [1.82, 2.24) is 15.2 Å². The molecule has 1 N–H and O–H groups in total. The van der Waals surface area contributed by atoms with Crippen molar-refractivity contribution in [3.05, 3.63) is 24.0 Å². The zero-order valence-electron chi connectivity index (χ0n) is 12.0. The molecule has 1 atom stereocenters. The number of nitrogens with one attached hydrogen (secondary N) is 1.